The standard InChI is InChI=1S/C17H17N5O3/c1-2-25-17(24)20-10-12-9-11(7-8-19-12)15(23)22-14-6-4-3-5-13(14)21-16(22)18/h3-9H,2,10H2,1H3,(H2,18,21)(H,20,24). The van der Waals surface area contributed by atoms with Crippen molar-refractivity contribution in [3.63, 3.8) is 0 Å². The lowest BCUT2D eigenvalue weighted by molar-refractivity contribution is 0.0966. The molecule has 2 heterocycles. The lowest BCUT2D eigenvalue weighted by Crippen LogP contribution is -2.24. The fraction of sp³-hybridized carbons (Fsp3) is 0.176. The largest absolute Gasteiger partial charge is 0.450 e. The Balaban J connectivity index is 1.86. The molecule has 0 saturated heterocycles. The second kappa shape index (κ2) is 7.00. The normalized spacial score (nSPS) is 10.6. The third-order valence-electron chi connectivity index (χ3n) is 3.54. The number of amides is 1. The van der Waals surface area contributed by atoms with Crippen LogP contribution in [-0.2, 0) is 11.3 Å². The van der Waals surface area contributed by atoms with Crippen LogP contribution in [0.15, 0.2) is 42.6 Å². The predicted molar refractivity (Wildman–Crippen MR) is 92.0 cm³/mol. The van der Waals surface area contributed by atoms with E-state index in [9.17, 15) is 9.59 Å². The fourth-order valence-electron chi connectivity index (χ4n) is 2.44. The highest BCUT2D eigenvalue weighted by Gasteiger charge is 2.17. The number of ether oxygens (including phenoxy) is 1. The molecule has 0 atom stereocenters. The summed E-state index contributed by atoms with van der Waals surface area (Å²) in [5.74, 6) is -0.194. The van der Waals surface area contributed by atoms with Gasteiger partial charge in [0.25, 0.3) is 5.91 Å². The number of nitrogens with one attached hydrogen (secondary N) is 1. The zero-order chi connectivity index (χ0) is 17.8. The van der Waals surface area contributed by atoms with Crippen LogP contribution < -0.4 is 11.1 Å². The van der Waals surface area contributed by atoms with E-state index in [1.54, 1.807) is 31.2 Å². The molecule has 0 aliphatic carbocycles. The molecule has 3 aromatic rings. The number of imidazole rings is 1. The molecule has 0 bridgehead atoms. The van der Waals surface area contributed by atoms with Crippen molar-refractivity contribution < 1.29 is 14.3 Å². The smallest absolute Gasteiger partial charge is 0.407 e. The van der Waals surface area contributed by atoms with Crippen LogP contribution in [0.1, 0.15) is 23.0 Å². The monoisotopic (exact) mass is 339 g/mol. The Hall–Kier alpha value is -3.42. The Labute approximate surface area is 143 Å². The number of nitrogens with two attached hydrogens (primary N) is 1. The summed E-state index contributed by atoms with van der Waals surface area (Å²) < 4.78 is 6.14. The van der Waals surface area contributed by atoms with Gasteiger partial charge in [0.15, 0.2) is 0 Å². The average Bonchev–Trinajstić information content (AvgIpc) is 2.95. The number of rotatable bonds is 4. The van der Waals surface area contributed by atoms with Gasteiger partial charge in [0.1, 0.15) is 0 Å². The number of carbonyl (C=O) groups excluding carboxylic acids is 2. The molecule has 1 amide bonds. The van der Waals surface area contributed by atoms with Crippen molar-refractivity contribution >= 4 is 29.0 Å². The summed E-state index contributed by atoms with van der Waals surface area (Å²) in [7, 11) is 0. The van der Waals surface area contributed by atoms with Crippen molar-refractivity contribution in [2.24, 2.45) is 0 Å². The minimum atomic E-state index is -0.536. The topological polar surface area (TPSA) is 112 Å². The Kier molecular flexibility index (Phi) is 4.60. The molecule has 8 nitrogen and oxygen atoms in total. The van der Waals surface area contributed by atoms with Gasteiger partial charge in [0.2, 0.25) is 5.95 Å². The Bertz CT molecular complexity index is 935. The number of carbonyl (C=O) groups is 2. The van der Waals surface area contributed by atoms with Gasteiger partial charge >= 0.3 is 6.09 Å². The number of pyridine rings is 1. The van der Waals surface area contributed by atoms with Gasteiger partial charge in [0.05, 0.1) is 29.9 Å². The molecule has 0 spiro atoms. The predicted octanol–water partition coefficient (Wildman–Crippen LogP) is 1.95. The van der Waals surface area contributed by atoms with Gasteiger partial charge in [-0.3, -0.25) is 9.78 Å². The van der Waals surface area contributed by atoms with Gasteiger partial charge in [-0.15, -0.1) is 0 Å². The molecule has 25 heavy (non-hydrogen) atoms. The van der Waals surface area contributed by atoms with Crippen LogP contribution in [0, 0.1) is 0 Å². The number of aromatic nitrogens is 3. The van der Waals surface area contributed by atoms with Gasteiger partial charge < -0.3 is 15.8 Å². The molecular weight excluding hydrogens is 322 g/mol. The molecule has 3 rings (SSSR count). The number of hydrogen-bond acceptors (Lipinski definition) is 6. The summed E-state index contributed by atoms with van der Waals surface area (Å²) in [5, 5.41) is 2.56. The number of nitrogens with zero attached hydrogens (tertiary/aromatic N) is 3. The lowest BCUT2D eigenvalue weighted by atomic mass is 10.2. The molecule has 0 fully saturated rings. The molecule has 8 heteroatoms. The third kappa shape index (κ3) is 3.42. The van der Waals surface area contributed by atoms with E-state index in [1.807, 2.05) is 12.1 Å². The maximum Gasteiger partial charge on any atom is 0.407 e. The first-order chi connectivity index (χ1) is 12.1. The number of fused-ring (bicyclic) bond motifs is 1. The number of hydrogen-bond donors (Lipinski definition) is 2. The Morgan fingerprint density at radius 1 is 1.28 bits per heavy atom. The first kappa shape index (κ1) is 16.4. The molecule has 0 radical (unpaired) electrons. The van der Waals surface area contributed by atoms with Crippen LogP contribution in [0.4, 0.5) is 10.7 Å². The Morgan fingerprint density at radius 2 is 2.08 bits per heavy atom. The average molecular weight is 339 g/mol. The summed E-state index contributed by atoms with van der Waals surface area (Å²) >= 11 is 0. The fourth-order valence-corrected chi connectivity index (χ4v) is 2.44. The number of alkyl carbamates (subject to hydrolysis) is 1. The second-order valence-electron chi connectivity index (χ2n) is 5.21. The SMILES string of the molecule is CCOC(=O)NCc1cc(C(=O)n2c(N)nc3ccccc32)ccn1. The molecule has 0 unspecified atom stereocenters. The van der Waals surface area contributed by atoms with E-state index in [0.717, 1.165) is 0 Å². The second-order valence-corrected chi connectivity index (χ2v) is 5.21. The molecule has 2 aromatic heterocycles. The maximum absolute atomic E-state index is 12.8. The van der Waals surface area contributed by atoms with Crippen molar-refractivity contribution in [2.45, 2.75) is 13.5 Å². The highest BCUT2D eigenvalue weighted by molar-refractivity contribution is 6.03. The molecule has 0 saturated carbocycles. The van der Waals surface area contributed by atoms with Crippen molar-refractivity contribution in [3.8, 4) is 0 Å². The van der Waals surface area contributed by atoms with Crippen LogP contribution in [0.3, 0.4) is 0 Å². The van der Waals surface area contributed by atoms with Crippen LogP contribution in [-0.4, -0.2) is 33.1 Å². The van der Waals surface area contributed by atoms with Crippen molar-refractivity contribution in [2.75, 3.05) is 12.3 Å². The summed E-state index contributed by atoms with van der Waals surface area (Å²) in [6.07, 6.45) is 0.968. The third-order valence-corrected chi connectivity index (χ3v) is 3.54. The first-order valence-electron chi connectivity index (χ1n) is 7.73. The van der Waals surface area contributed by atoms with E-state index in [-0.39, 0.29) is 25.0 Å². The van der Waals surface area contributed by atoms with E-state index < -0.39 is 6.09 Å². The van der Waals surface area contributed by atoms with Gasteiger partial charge in [-0.1, -0.05) is 12.1 Å². The number of benzene rings is 1. The number of nitrogen functional groups attached to an aromatic ring is 1. The maximum atomic E-state index is 12.8. The van der Waals surface area contributed by atoms with Crippen molar-refractivity contribution in [1.82, 2.24) is 19.9 Å². The van der Waals surface area contributed by atoms with Gasteiger partial charge in [0, 0.05) is 11.8 Å². The van der Waals surface area contributed by atoms with E-state index in [4.69, 9.17) is 10.5 Å². The molecular formula is C17H17N5O3. The van der Waals surface area contributed by atoms with E-state index in [0.29, 0.717) is 22.3 Å². The molecule has 3 N–H and O–H groups in total. The lowest BCUT2D eigenvalue weighted by Gasteiger charge is -2.08. The van der Waals surface area contributed by atoms with Crippen LogP contribution in [0.2, 0.25) is 0 Å². The van der Waals surface area contributed by atoms with Gasteiger partial charge in [-0.2, -0.15) is 0 Å². The molecule has 0 aliphatic heterocycles. The van der Waals surface area contributed by atoms with Gasteiger partial charge in [-0.05, 0) is 31.2 Å². The zero-order valence-electron chi connectivity index (χ0n) is 13.6. The minimum absolute atomic E-state index is 0.120. The van der Waals surface area contributed by atoms with Crippen LogP contribution in [0.5, 0.6) is 0 Å². The van der Waals surface area contributed by atoms with E-state index in [2.05, 4.69) is 15.3 Å². The van der Waals surface area contributed by atoms with Crippen LogP contribution >= 0.6 is 0 Å². The summed E-state index contributed by atoms with van der Waals surface area (Å²) in [5.41, 5.74) is 8.10. The summed E-state index contributed by atoms with van der Waals surface area (Å²) in [4.78, 5) is 32.5. The number of para-hydroxylation sites is 2. The minimum Gasteiger partial charge on any atom is -0.450 e. The van der Waals surface area contributed by atoms with Crippen molar-refractivity contribution in [1.29, 1.82) is 0 Å². The summed E-state index contributed by atoms with van der Waals surface area (Å²) in [6.45, 7) is 2.15. The van der Waals surface area contributed by atoms with Crippen LogP contribution in [0.25, 0.3) is 11.0 Å². The number of anilines is 1. The Morgan fingerprint density at radius 3 is 2.88 bits per heavy atom. The van der Waals surface area contributed by atoms with Crippen molar-refractivity contribution in [3.05, 3.63) is 53.9 Å². The molecule has 1 aromatic carbocycles. The van der Waals surface area contributed by atoms with Gasteiger partial charge in [-0.25, -0.2) is 14.3 Å². The summed E-state index contributed by atoms with van der Waals surface area (Å²) in [6, 6.07) is 10.4. The molecule has 0 aliphatic rings. The van der Waals surface area contributed by atoms with E-state index in [1.165, 1.54) is 10.8 Å². The molecule has 128 valence electrons. The quantitative estimate of drug-likeness (QED) is 0.751. The van der Waals surface area contributed by atoms with E-state index >= 15 is 0 Å². The highest BCUT2D eigenvalue weighted by atomic mass is 16.5. The highest BCUT2D eigenvalue weighted by Crippen LogP contribution is 2.19. The first-order valence-corrected chi connectivity index (χ1v) is 7.73. The zero-order valence-corrected chi connectivity index (χ0v) is 13.6.